The Kier molecular flexibility index (Phi) is 12.3. The van der Waals surface area contributed by atoms with Crippen LogP contribution in [0.5, 0.6) is 5.75 Å². The molecule has 4 rings (SSSR count). The Balaban J connectivity index is 1.78. The summed E-state index contributed by atoms with van der Waals surface area (Å²) in [7, 11) is 0. The van der Waals surface area contributed by atoms with Gasteiger partial charge in [-0.1, -0.05) is 71.9 Å². The summed E-state index contributed by atoms with van der Waals surface area (Å²) in [5.74, 6) is 1.05. The summed E-state index contributed by atoms with van der Waals surface area (Å²) in [5, 5.41) is 16.3. The monoisotopic (exact) mass is 627 g/mol. The molecule has 0 aliphatic carbocycles. The number of pyridine rings is 2. The van der Waals surface area contributed by atoms with Gasteiger partial charge in [0, 0.05) is 42.5 Å². The third-order valence-corrected chi connectivity index (χ3v) is 8.32. The van der Waals surface area contributed by atoms with Gasteiger partial charge in [-0.2, -0.15) is 0 Å². The van der Waals surface area contributed by atoms with E-state index in [0.29, 0.717) is 35.4 Å². The van der Waals surface area contributed by atoms with E-state index in [1.807, 2.05) is 54.6 Å². The second kappa shape index (κ2) is 16.4. The number of aryl methyl sites for hydroxylation is 1. The molecule has 246 valence electrons. The zero-order valence-electron chi connectivity index (χ0n) is 28.1. The lowest BCUT2D eigenvalue weighted by molar-refractivity contribution is 0.249. The fourth-order valence-corrected chi connectivity index (χ4v) is 5.85. The van der Waals surface area contributed by atoms with E-state index in [2.05, 4.69) is 62.1 Å². The van der Waals surface area contributed by atoms with Crippen molar-refractivity contribution in [2.75, 3.05) is 43.5 Å². The lowest BCUT2D eigenvalue weighted by atomic mass is 9.93. The summed E-state index contributed by atoms with van der Waals surface area (Å²) < 4.78 is 7.67. The molecule has 9 nitrogen and oxygen atoms in total. The average molecular weight is 628 g/mol. The largest absolute Gasteiger partial charge is 0.494 e. The van der Waals surface area contributed by atoms with Crippen molar-refractivity contribution < 1.29 is 14.6 Å². The lowest BCUT2D eigenvalue weighted by Crippen LogP contribution is -2.30. The smallest absolute Gasteiger partial charge is 0.323 e. The number of ether oxygens (including phenoxy) is 1. The number of para-hydroxylation sites is 1. The summed E-state index contributed by atoms with van der Waals surface area (Å²) in [6, 6.07) is 16.9. The molecule has 0 saturated heterocycles. The van der Waals surface area contributed by atoms with Gasteiger partial charge in [-0.25, -0.2) is 9.78 Å². The number of hydrogen-bond acceptors (Lipinski definition) is 6. The quantitative estimate of drug-likeness (QED) is 0.118. The molecule has 0 atom stereocenters. The van der Waals surface area contributed by atoms with Crippen LogP contribution >= 0.6 is 0 Å². The first kappa shape index (κ1) is 34.7. The predicted molar refractivity (Wildman–Crippen MR) is 188 cm³/mol. The number of fused-ring (bicyclic) bond motifs is 1. The van der Waals surface area contributed by atoms with Gasteiger partial charge in [0.1, 0.15) is 17.1 Å². The van der Waals surface area contributed by atoms with Gasteiger partial charge in [-0.15, -0.1) is 0 Å². The van der Waals surface area contributed by atoms with Gasteiger partial charge in [0.05, 0.1) is 6.61 Å². The number of rotatable bonds is 15. The number of aliphatic hydroxyl groups is 1. The standard InChI is InChI=1S/C37H49N5O4/c1-7-41(8-2)20-13-23-46-28-15-9-14-27(24-28)32-31-18-11-19-38-35(31)42(21-12-22-43)36(44)34(32)40-37(45)39-33-29(25(3)4)16-10-17-30(33)26(5)6/h9-11,14-19,24-26,43H,7-8,12-13,20-23H2,1-6H3,(H2,39,40,45). The summed E-state index contributed by atoms with van der Waals surface area (Å²) in [4.78, 5) is 34.9. The number of amides is 2. The summed E-state index contributed by atoms with van der Waals surface area (Å²) in [6.45, 7) is 16.4. The first-order chi connectivity index (χ1) is 22.2. The van der Waals surface area contributed by atoms with Gasteiger partial charge < -0.3 is 25.4 Å². The number of carbonyl (C=O) groups excluding carboxylic acids is 1. The Bertz CT molecular complexity index is 1650. The number of urea groups is 1. The Morgan fingerprint density at radius 1 is 0.935 bits per heavy atom. The molecule has 9 heteroatoms. The number of carbonyl (C=O) groups is 1. The fourth-order valence-electron chi connectivity index (χ4n) is 5.85. The molecule has 0 aliphatic rings. The zero-order valence-corrected chi connectivity index (χ0v) is 28.1. The fraction of sp³-hybridized carbons (Fsp3) is 0.432. The SMILES string of the molecule is CCN(CC)CCCOc1cccc(-c2c(NC(=O)Nc3c(C(C)C)cccc3C(C)C)c(=O)n(CCCO)c3ncccc23)c1. The number of nitrogens with one attached hydrogen (secondary N) is 2. The number of hydrogen-bond donors (Lipinski definition) is 3. The highest BCUT2D eigenvalue weighted by Crippen LogP contribution is 2.36. The lowest BCUT2D eigenvalue weighted by Gasteiger charge is -2.22. The molecule has 0 radical (unpaired) electrons. The summed E-state index contributed by atoms with van der Waals surface area (Å²) in [6.07, 6.45) is 2.91. The number of aliphatic hydroxyl groups excluding tert-OH is 1. The van der Waals surface area contributed by atoms with Crippen molar-refractivity contribution in [1.82, 2.24) is 14.5 Å². The van der Waals surface area contributed by atoms with E-state index in [1.165, 1.54) is 4.57 Å². The van der Waals surface area contributed by atoms with Crippen molar-refractivity contribution in [2.45, 2.75) is 72.8 Å². The number of anilines is 2. The van der Waals surface area contributed by atoms with Crippen molar-refractivity contribution in [3.63, 3.8) is 0 Å². The van der Waals surface area contributed by atoms with E-state index in [4.69, 9.17) is 4.74 Å². The highest BCUT2D eigenvalue weighted by Gasteiger charge is 2.23. The van der Waals surface area contributed by atoms with Crippen molar-refractivity contribution in [3.8, 4) is 16.9 Å². The van der Waals surface area contributed by atoms with Crippen LogP contribution in [0, 0.1) is 0 Å². The molecule has 0 bridgehead atoms. The maximum Gasteiger partial charge on any atom is 0.323 e. The van der Waals surface area contributed by atoms with E-state index < -0.39 is 11.6 Å². The number of aromatic nitrogens is 2. The van der Waals surface area contributed by atoms with Gasteiger partial charge in [-0.3, -0.25) is 9.36 Å². The first-order valence-electron chi connectivity index (χ1n) is 16.5. The molecule has 0 saturated carbocycles. The zero-order chi connectivity index (χ0) is 33.2. The Morgan fingerprint density at radius 2 is 1.61 bits per heavy atom. The maximum absolute atomic E-state index is 14.2. The van der Waals surface area contributed by atoms with Crippen molar-refractivity contribution in [2.24, 2.45) is 0 Å². The molecular weight excluding hydrogens is 578 g/mol. The van der Waals surface area contributed by atoms with Crippen molar-refractivity contribution in [3.05, 3.63) is 82.3 Å². The topological polar surface area (TPSA) is 109 Å². The highest BCUT2D eigenvalue weighted by molar-refractivity contribution is 6.07. The van der Waals surface area contributed by atoms with Crippen LogP contribution in [0.15, 0.2) is 65.6 Å². The van der Waals surface area contributed by atoms with Crippen LogP contribution < -0.4 is 20.9 Å². The van der Waals surface area contributed by atoms with Crippen LogP contribution in [0.1, 0.15) is 77.3 Å². The molecule has 2 amide bonds. The Labute approximate surface area is 272 Å². The minimum Gasteiger partial charge on any atom is -0.494 e. The van der Waals surface area contributed by atoms with E-state index in [9.17, 15) is 14.7 Å². The van der Waals surface area contributed by atoms with Crippen LogP contribution in [-0.2, 0) is 6.54 Å². The number of benzene rings is 2. The molecule has 4 aromatic rings. The van der Waals surface area contributed by atoms with Gasteiger partial charge in [0.15, 0.2) is 0 Å². The Hall–Kier alpha value is -4.21. The van der Waals surface area contributed by atoms with E-state index in [-0.39, 0.29) is 30.7 Å². The first-order valence-corrected chi connectivity index (χ1v) is 16.5. The molecule has 0 spiro atoms. The Morgan fingerprint density at radius 3 is 2.26 bits per heavy atom. The minimum atomic E-state index is -0.505. The van der Waals surface area contributed by atoms with Gasteiger partial charge in [0.2, 0.25) is 0 Å². The van der Waals surface area contributed by atoms with Crippen LogP contribution in [-0.4, -0.2) is 58.4 Å². The molecule has 2 heterocycles. The van der Waals surface area contributed by atoms with Crippen LogP contribution in [0.3, 0.4) is 0 Å². The van der Waals surface area contributed by atoms with Gasteiger partial charge in [-0.05, 0) is 78.7 Å². The summed E-state index contributed by atoms with van der Waals surface area (Å²) in [5.41, 5.74) is 4.34. The second-order valence-corrected chi connectivity index (χ2v) is 12.1. The molecule has 0 unspecified atom stereocenters. The molecular formula is C37H49N5O4. The molecule has 3 N–H and O–H groups in total. The highest BCUT2D eigenvalue weighted by atomic mass is 16.5. The van der Waals surface area contributed by atoms with Gasteiger partial charge in [0.25, 0.3) is 5.56 Å². The minimum absolute atomic E-state index is 0.0800. The predicted octanol–water partition coefficient (Wildman–Crippen LogP) is 7.45. The van der Waals surface area contributed by atoms with Crippen LogP contribution in [0.25, 0.3) is 22.2 Å². The molecule has 46 heavy (non-hydrogen) atoms. The number of nitrogens with zero attached hydrogens (tertiary/aromatic N) is 3. The molecule has 2 aromatic carbocycles. The molecule has 2 aromatic heterocycles. The van der Waals surface area contributed by atoms with E-state index in [0.717, 1.165) is 48.4 Å². The summed E-state index contributed by atoms with van der Waals surface area (Å²) >= 11 is 0. The van der Waals surface area contributed by atoms with Crippen LogP contribution in [0.2, 0.25) is 0 Å². The third-order valence-electron chi connectivity index (χ3n) is 8.32. The maximum atomic E-state index is 14.2. The molecule has 0 fully saturated rings. The molecule has 0 aliphatic heterocycles. The van der Waals surface area contributed by atoms with Crippen LogP contribution in [0.4, 0.5) is 16.2 Å². The van der Waals surface area contributed by atoms with E-state index >= 15 is 0 Å². The van der Waals surface area contributed by atoms with Crippen molar-refractivity contribution in [1.29, 1.82) is 0 Å². The van der Waals surface area contributed by atoms with Gasteiger partial charge >= 0.3 is 6.03 Å². The van der Waals surface area contributed by atoms with Crippen molar-refractivity contribution >= 4 is 28.4 Å². The second-order valence-electron chi connectivity index (χ2n) is 12.1. The third kappa shape index (κ3) is 8.13. The average Bonchev–Trinajstić information content (AvgIpc) is 3.05. The normalized spacial score (nSPS) is 11.5. The van der Waals surface area contributed by atoms with E-state index in [1.54, 1.807) is 6.20 Å².